The highest BCUT2D eigenvalue weighted by Gasteiger charge is 2.59. The van der Waals surface area contributed by atoms with Crippen molar-refractivity contribution < 1.29 is 0 Å². The second-order valence-electron chi connectivity index (χ2n) is 7.31. The molecule has 110 valence electrons. The lowest BCUT2D eigenvalue weighted by Crippen LogP contribution is -2.46. The summed E-state index contributed by atoms with van der Waals surface area (Å²) in [4.78, 5) is 8.65. The summed E-state index contributed by atoms with van der Waals surface area (Å²) in [6, 6.07) is 2.52. The van der Waals surface area contributed by atoms with E-state index in [1.54, 1.807) is 6.33 Å². The molecular weight excluding hydrogens is 248 g/mol. The van der Waals surface area contributed by atoms with Crippen LogP contribution in [0.3, 0.4) is 0 Å². The monoisotopic (exact) mass is 274 g/mol. The molecule has 1 aromatic rings. The van der Waals surface area contributed by atoms with E-state index in [9.17, 15) is 0 Å². The first-order valence-corrected chi connectivity index (χ1v) is 7.78. The fourth-order valence-corrected chi connectivity index (χ4v) is 4.52. The predicted octanol–water partition coefficient (Wildman–Crippen LogP) is 3.54. The summed E-state index contributed by atoms with van der Waals surface area (Å²) < 4.78 is 0. The van der Waals surface area contributed by atoms with Crippen molar-refractivity contribution >= 4 is 11.6 Å². The maximum absolute atomic E-state index is 4.40. The van der Waals surface area contributed by atoms with Crippen molar-refractivity contribution in [1.82, 2.24) is 9.97 Å². The summed E-state index contributed by atoms with van der Waals surface area (Å²) >= 11 is 0. The van der Waals surface area contributed by atoms with E-state index in [2.05, 4.69) is 48.3 Å². The minimum Gasteiger partial charge on any atom is -0.370 e. The number of fused-ring (bicyclic) bond motifs is 2. The molecule has 0 amide bonds. The zero-order valence-corrected chi connectivity index (χ0v) is 13.0. The minimum atomic E-state index is 0.344. The molecule has 0 saturated heterocycles. The Morgan fingerprint density at radius 3 is 2.65 bits per heavy atom. The average Bonchev–Trinajstić information content (AvgIpc) is 2.87. The van der Waals surface area contributed by atoms with E-state index in [-0.39, 0.29) is 0 Å². The van der Waals surface area contributed by atoms with Gasteiger partial charge in [-0.3, -0.25) is 0 Å². The van der Waals surface area contributed by atoms with Crippen LogP contribution in [-0.2, 0) is 0 Å². The molecule has 3 unspecified atom stereocenters. The van der Waals surface area contributed by atoms with Crippen LogP contribution in [-0.4, -0.2) is 22.6 Å². The number of rotatable bonds is 4. The van der Waals surface area contributed by atoms with Crippen LogP contribution >= 0.6 is 0 Å². The Morgan fingerprint density at radius 1 is 1.25 bits per heavy atom. The summed E-state index contributed by atoms with van der Waals surface area (Å²) in [5.41, 5.74) is 0.758. The van der Waals surface area contributed by atoms with Gasteiger partial charge in [-0.15, -0.1) is 0 Å². The fraction of sp³-hybridized carbons (Fsp3) is 0.750. The first-order chi connectivity index (χ1) is 9.45. The van der Waals surface area contributed by atoms with Gasteiger partial charge in [-0.25, -0.2) is 9.97 Å². The topological polar surface area (TPSA) is 49.8 Å². The second-order valence-corrected chi connectivity index (χ2v) is 7.31. The Hall–Kier alpha value is -1.32. The molecule has 2 fully saturated rings. The SMILES string of the molecule is CCNc1cc(NC2C3(C)CCC(C3)C2(C)C)ncn1. The van der Waals surface area contributed by atoms with Gasteiger partial charge in [0, 0.05) is 18.7 Å². The molecule has 1 aromatic heterocycles. The van der Waals surface area contributed by atoms with Crippen molar-refractivity contribution in [3.63, 3.8) is 0 Å². The fourth-order valence-electron chi connectivity index (χ4n) is 4.52. The molecule has 4 nitrogen and oxygen atoms in total. The van der Waals surface area contributed by atoms with Gasteiger partial charge in [0.2, 0.25) is 0 Å². The molecule has 0 aromatic carbocycles. The quantitative estimate of drug-likeness (QED) is 0.882. The van der Waals surface area contributed by atoms with Gasteiger partial charge >= 0.3 is 0 Å². The molecule has 2 saturated carbocycles. The van der Waals surface area contributed by atoms with Gasteiger partial charge in [-0.1, -0.05) is 20.8 Å². The highest BCUT2D eigenvalue weighted by molar-refractivity contribution is 5.48. The summed E-state index contributed by atoms with van der Waals surface area (Å²) in [7, 11) is 0. The smallest absolute Gasteiger partial charge is 0.131 e. The Balaban J connectivity index is 1.82. The largest absolute Gasteiger partial charge is 0.370 e. The third-order valence-corrected chi connectivity index (χ3v) is 5.59. The molecule has 3 rings (SSSR count). The van der Waals surface area contributed by atoms with Crippen molar-refractivity contribution in [1.29, 1.82) is 0 Å². The van der Waals surface area contributed by atoms with Crippen molar-refractivity contribution in [2.45, 2.75) is 53.0 Å². The molecule has 2 aliphatic carbocycles. The van der Waals surface area contributed by atoms with E-state index in [4.69, 9.17) is 0 Å². The van der Waals surface area contributed by atoms with Crippen LogP contribution in [0.4, 0.5) is 11.6 Å². The van der Waals surface area contributed by atoms with Gasteiger partial charge in [0.05, 0.1) is 0 Å². The molecule has 2 N–H and O–H groups in total. The van der Waals surface area contributed by atoms with Crippen LogP contribution in [0.1, 0.15) is 47.0 Å². The lowest BCUT2D eigenvalue weighted by molar-refractivity contribution is 0.155. The summed E-state index contributed by atoms with van der Waals surface area (Å²) in [5.74, 6) is 2.69. The third-order valence-electron chi connectivity index (χ3n) is 5.59. The highest BCUT2D eigenvalue weighted by atomic mass is 15.1. The Kier molecular flexibility index (Phi) is 3.14. The molecule has 2 bridgehead atoms. The van der Waals surface area contributed by atoms with Crippen molar-refractivity contribution in [3.8, 4) is 0 Å². The number of nitrogens with one attached hydrogen (secondary N) is 2. The second kappa shape index (κ2) is 4.61. The van der Waals surface area contributed by atoms with Crippen LogP contribution in [0.2, 0.25) is 0 Å². The molecule has 3 atom stereocenters. The van der Waals surface area contributed by atoms with E-state index in [1.165, 1.54) is 19.3 Å². The normalized spacial score (nSPS) is 34.2. The maximum atomic E-state index is 4.40. The Morgan fingerprint density at radius 2 is 2.00 bits per heavy atom. The number of anilines is 2. The van der Waals surface area contributed by atoms with Gasteiger partial charge in [-0.2, -0.15) is 0 Å². The van der Waals surface area contributed by atoms with E-state index in [0.29, 0.717) is 16.9 Å². The third kappa shape index (κ3) is 2.05. The molecule has 4 heteroatoms. The average molecular weight is 274 g/mol. The lowest BCUT2D eigenvalue weighted by atomic mass is 9.68. The van der Waals surface area contributed by atoms with Crippen LogP contribution in [0, 0.1) is 16.7 Å². The molecule has 0 spiro atoms. The Bertz CT molecular complexity index is 494. The number of hydrogen-bond donors (Lipinski definition) is 2. The van der Waals surface area contributed by atoms with Gasteiger partial charge in [0.1, 0.15) is 18.0 Å². The molecule has 1 heterocycles. The molecule has 0 radical (unpaired) electrons. The molecule has 2 aliphatic rings. The van der Waals surface area contributed by atoms with E-state index in [1.807, 2.05) is 6.07 Å². The van der Waals surface area contributed by atoms with Crippen molar-refractivity contribution in [2.24, 2.45) is 16.7 Å². The number of hydrogen-bond acceptors (Lipinski definition) is 4. The zero-order valence-electron chi connectivity index (χ0n) is 13.0. The van der Waals surface area contributed by atoms with Gasteiger partial charge in [0.15, 0.2) is 0 Å². The van der Waals surface area contributed by atoms with Gasteiger partial charge in [0.25, 0.3) is 0 Å². The molecule has 20 heavy (non-hydrogen) atoms. The van der Waals surface area contributed by atoms with Crippen LogP contribution < -0.4 is 10.6 Å². The first kappa shape index (κ1) is 13.7. The Labute approximate surface area is 121 Å². The van der Waals surface area contributed by atoms with Crippen LogP contribution in [0.15, 0.2) is 12.4 Å². The zero-order chi connectivity index (χ0) is 14.4. The van der Waals surface area contributed by atoms with E-state index in [0.717, 1.165) is 24.1 Å². The summed E-state index contributed by atoms with van der Waals surface area (Å²) in [6.07, 6.45) is 5.71. The van der Waals surface area contributed by atoms with Crippen molar-refractivity contribution in [2.75, 3.05) is 17.2 Å². The summed E-state index contributed by atoms with van der Waals surface area (Å²) in [5, 5.41) is 6.96. The van der Waals surface area contributed by atoms with Crippen molar-refractivity contribution in [3.05, 3.63) is 12.4 Å². The lowest BCUT2D eigenvalue weighted by Gasteiger charge is -2.43. The van der Waals surface area contributed by atoms with Gasteiger partial charge in [-0.05, 0) is 42.9 Å². The highest BCUT2D eigenvalue weighted by Crippen LogP contribution is 2.63. The maximum Gasteiger partial charge on any atom is 0.131 e. The van der Waals surface area contributed by atoms with Gasteiger partial charge < -0.3 is 10.6 Å². The van der Waals surface area contributed by atoms with Crippen LogP contribution in [0.25, 0.3) is 0 Å². The molecule has 0 aliphatic heterocycles. The summed E-state index contributed by atoms with van der Waals surface area (Å²) in [6.45, 7) is 10.2. The first-order valence-electron chi connectivity index (χ1n) is 7.78. The number of nitrogens with zero attached hydrogens (tertiary/aromatic N) is 2. The van der Waals surface area contributed by atoms with E-state index >= 15 is 0 Å². The van der Waals surface area contributed by atoms with E-state index < -0.39 is 0 Å². The van der Waals surface area contributed by atoms with Crippen LogP contribution in [0.5, 0.6) is 0 Å². The predicted molar refractivity (Wildman–Crippen MR) is 82.8 cm³/mol. The standard InChI is InChI=1S/C16H26N4/c1-5-17-12-8-13(19-10-18-12)20-14-15(2,3)11-6-7-16(14,4)9-11/h8,10-11,14H,5-7,9H2,1-4H3,(H2,17,18,19,20). The minimum absolute atomic E-state index is 0.344. The molecular formula is C16H26N4. The number of aromatic nitrogens is 2.